The number of carbonyl (C=O) groups excluding carboxylic acids is 2. The van der Waals surface area contributed by atoms with E-state index in [9.17, 15) is 9.59 Å². The molecule has 0 aromatic carbocycles. The van der Waals surface area contributed by atoms with Crippen LogP contribution in [0.4, 0.5) is 0 Å². The molecule has 2 saturated carbocycles. The molecule has 5 atom stereocenters. The van der Waals surface area contributed by atoms with Gasteiger partial charge < -0.3 is 4.74 Å². The number of ether oxygens (including phenoxy) is 1. The van der Waals surface area contributed by atoms with E-state index in [2.05, 4.69) is 19.1 Å². The van der Waals surface area contributed by atoms with Crippen molar-refractivity contribution in [2.24, 2.45) is 28.6 Å². The molecule has 3 nitrogen and oxygen atoms in total. The topological polar surface area (TPSA) is 43.4 Å². The number of esters is 2. The minimum atomic E-state index is -0.469. The van der Waals surface area contributed by atoms with Crippen LogP contribution in [0.15, 0.2) is 12.2 Å². The lowest BCUT2D eigenvalue weighted by molar-refractivity contribution is -0.167. The summed E-state index contributed by atoms with van der Waals surface area (Å²) in [6, 6.07) is 0. The Morgan fingerprint density at radius 2 is 2.00 bits per heavy atom. The van der Waals surface area contributed by atoms with E-state index in [1.807, 2.05) is 0 Å². The lowest BCUT2D eigenvalue weighted by Crippen LogP contribution is -2.61. The maximum absolute atomic E-state index is 12.0. The molecule has 0 aromatic heterocycles. The van der Waals surface area contributed by atoms with Gasteiger partial charge in [0.2, 0.25) is 0 Å². The third-order valence-electron chi connectivity index (χ3n) is 5.33. The first-order valence-electron chi connectivity index (χ1n) is 5.59. The van der Waals surface area contributed by atoms with Crippen molar-refractivity contribution in [3.63, 3.8) is 0 Å². The lowest BCUT2D eigenvalue weighted by atomic mass is 9.41. The van der Waals surface area contributed by atoms with Crippen LogP contribution < -0.4 is 0 Å². The Labute approximate surface area is 87.5 Å². The zero-order valence-corrected chi connectivity index (χ0v) is 8.53. The SMILES string of the molecule is CC1CC23C(=O)OC(=O)C12C1C=CC3C1. The summed E-state index contributed by atoms with van der Waals surface area (Å²) in [5.41, 5.74) is -0.924. The highest BCUT2D eigenvalue weighted by molar-refractivity contribution is 6.05. The van der Waals surface area contributed by atoms with Crippen molar-refractivity contribution in [3.8, 4) is 0 Å². The van der Waals surface area contributed by atoms with E-state index in [0.717, 1.165) is 12.8 Å². The second-order valence-electron chi connectivity index (χ2n) is 5.46. The molecule has 1 heterocycles. The predicted octanol–water partition coefficient (Wildman–Crippen LogP) is 1.29. The van der Waals surface area contributed by atoms with E-state index in [0.29, 0.717) is 5.92 Å². The van der Waals surface area contributed by atoms with Crippen LogP contribution in [-0.4, -0.2) is 11.9 Å². The van der Waals surface area contributed by atoms with E-state index >= 15 is 0 Å². The summed E-state index contributed by atoms with van der Waals surface area (Å²) in [5, 5.41) is 0. The molecule has 1 aliphatic heterocycles. The molecule has 0 spiro atoms. The Bertz CT molecular complexity index is 438. The molecule has 0 N–H and O–H groups in total. The highest BCUT2D eigenvalue weighted by Gasteiger charge is 2.85. The van der Waals surface area contributed by atoms with Crippen molar-refractivity contribution >= 4 is 11.9 Å². The molecule has 15 heavy (non-hydrogen) atoms. The number of allylic oxidation sites excluding steroid dienone is 2. The monoisotopic (exact) mass is 204 g/mol. The summed E-state index contributed by atoms with van der Waals surface area (Å²) in [7, 11) is 0. The number of rotatable bonds is 0. The smallest absolute Gasteiger partial charge is 0.321 e. The fraction of sp³-hybridized carbons (Fsp3) is 0.667. The maximum atomic E-state index is 12.0. The van der Waals surface area contributed by atoms with Gasteiger partial charge in [0, 0.05) is 0 Å². The Morgan fingerprint density at radius 1 is 1.27 bits per heavy atom. The molecule has 0 amide bonds. The molecular weight excluding hydrogens is 192 g/mol. The Morgan fingerprint density at radius 3 is 2.67 bits per heavy atom. The van der Waals surface area contributed by atoms with E-state index in [-0.39, 0.29) is 23.8 Å². The third kappa shape index (κ3) is 0.488. The minimum absolute atomic E-state index is 0.247. The van der Waals surface area contributed by atoms with Gasteiger partial charge in [-0.25, -0.2) is 0 Å². The summed E-state index contributed by atoms with van der Waals surface area (Å²) in [6.07, 6.45) is 6.06. The second-order valence-corrected chi connectivity index (χ2v) is 5.46. The zero-order valence-electron chi connectivity index (χ0n) is 8.53. The number of fused-ring (bicyclic) bond motifs is 2. The first kappa shape index (κ1) is 8.08. The molecule has 1 saturated heterocycles. The molecule has 4 rings (SSSR count). The van der Waals surface area contributed by atoms with Gasteiger partial charge in [-0.2, -0.15) is 0 Å². The summed E-state index contributed by atoms with van der Waals surface area (Å²) >= 11 is 0. The maximum Gasteiger partial charge on any atom is 0.321 e. The Hall–Kier alpha value is -1.12. The van der Waals surface area contributed by atoms with Gasteiger partial charge in [-0.1, -0.05) is 19.1 Å². The molecule has 5 unspecified atom stereocenters. The number of carbonyl (C=O) groups is 2. The molecule has 2 bridgehead atoms. The van der Waals surface area contributed by atoms with Crippen molar-refractivity contribution in [1.29, 1.82) is 0 Å². The highest BCUT2D eigenvalue weighted by atomic mass is 16.6. The van der Waals surface area contributed by atoms with Gasteiger partial charge in [-0.15, -0.1) is 0 Å². The zero-order chi connectivity index (χ0) is 10.4. The van der Waals surface area contributed by atoms with Gasteiger partial charge in [0.05, 0.1) is 10.8 Å². The van der Waals surface area contributed by atoms with Gasteiger partial charge in [0.1, 0.15) is 0 Å². The van der Waals surface area contributed by atoms with Crippen LogP contribution in [0.1, 0.15) is 19.8 Å². The minimum Gasteiger partial charge on any atom is -0.392 e. The molecule has 78 valence electrons. The van der Waals surface area contributed by atoms with E-state index in [4.69, 9.17) is 4.74 Å². The fourth-order valence-corrected chi connectivity index (χ4v) is 4.88. The normalized spacial score (nSPS) is 58.9. The van der Waals surface area contributed by atoms with Crippen LogP contribution in [0.5, 0.6) is 0 Å². The van der Waals surface area contributed by atoms with Gasteiger partial charge >= 0.3 is 11.9 Å². The molecule has 4 aliphatic rings. The van der Waals surface area contributed by atoms with Crippen LogP contribution in [-0.2, 0) is 14.3 Å². The van der Waals surface area contributed by atoms with Crippen LogP contribution in [0.25, 0.3) is 0 Å². The average molecular weight is 204 g/mol. The molecule has 0 radical (unpaired) electrons. The van der Waals surface area contributed by atoms with E-state index in [1.54, 1.807) is 0 Å². The third-order valence-corrected chi connectivity index (χ3v) is 5.33. The van der Waals surface area contributed by atoms with Crippen molar-refractivity contribution in [2.75, 3.05) is 0 Å². The summed E-state index contributed by atoms with van der Waals surface area (Å²) in [4.78, 5) is 23.9. The largest absolute Gasteiger partial charge is 0.392 e. The Balaban J connectivity index is 2.03. The van der Waals surface area contributed by atoms with Crippen molar-refractivity contribution in [2.45, 2.75) is 19.8 Å². The van der Waals surface area contributed by atoms with E-state index in [1.165, 1.54) is 0 Å². The van der Waals surface area contributed by atoms with Crippen LogP contribution >= 0.6 is 0 Å². The van der Waals surface area contributed by atoms with Crippen molar-refractivity contribution < 1.29 is 14.3 Å². The number of hydrogen-bond acceptors (Lipinski definition) is 3. The summed E-state index contributed by atoms with van der Waals surface area (Å²) in [6.45, 7) is 2.08. The summed E-state index contributed by atoms with van der Waals surface area (Å²) < 4.78 is 4.93. The number of hydrogen-bond donors (Lipinski definition) is 0. The van der Waals surface area contributed by atoms with Crippen molar-refractivity contribution in [1.82, 2.24) is 0 Å². The predicted molar refractivity (Wildman–Crippen MR) is 50.5 cm³/mol. The first-order valence-corrected chi connectivity index (χ1v) is 5.59. The van der Waals surface area contributed by atoms with Crippen LogP contribution in [0.3, 0.4) is 0 Å². The van der Waals surface area contributed by atoms with Gasteiger partial charge in [0.25, 0.3) is 0 Å². The molecule has 3 aliphatic carbocycles. The average Bonchev–Trinajstić information content (AvgIpc) is 2.73. The summed E-state index contributed by atoms with van der Waals surface area (Å²) in [5.74, 6) is 0.324. The van der Waals surface area contributed by atoms with Crippen LogP contribution in [0, 0.1) is 28.6 Å². The van der Waals surface area contributed by atoms with E-state index < -0.39 is 10.8 Å². The van der Waals surface area contributed by atoms with Gasteiger partial charge in [0.15, 0.2) is 0 Å². The van der Waals surface area contributed by atoms with Crippen LogP contribution in [0.2, 0.25) is 0 Å². The molecule has 3 fully saturated rings. The van der Waals surface area contributed by atoms with Gasteiger partial charge in [-0.05, 0) is 30.6 Å². The molecular formula is C12H12O3. The number of cyclic esters (lactones) is 2. The lowest BCUT2D eigenvalue weighted by Gasteiger charge is -2.55. The Kier molecular flexibility index (Phi) is 1.03. The second kappa shape index (κ2) is 1.91. The van der Waals surface area contributed by atoms with Crippen molar-refractivity contribution in [3.05, 3.63) is 12.2 Å². The highest BCUT2D eigenvalue weighted by Crippen LogP contribution is 2.79. The molecule has 3 heteroatoms. The first-order chi connectivity index (χ1) is 7.14. The quantitative estimate of drug-likeness (QED) is 0.339. The standard InChI is InChI=1S/C12H12O3/c1-6-5-11-7-2-3-8(4-7)12(6,11)10(14)15-9(11)13/h2-3,6-8H,4-5H2,1H3. The molecule has 0 aromatic rings. The van der Waals surface area contributed by atoms with Gasteiger partial charge in [-0.3, -0.25) is 9.59 Å². The fourth-order valence-electron chi connectivity index (χ4n) is 4.88.